The molecule has 0 bridgehead atoms. The summed E-state index contributed by atoms with van der Waals surface area (Å²) >= 11 is 0. The van der Waals surface area contributed by atoms with E-state index in [4.69, 9.17) is 5.73 Å². The molecule has 1 aliphatic carbocycles. The summed E-state index contributed by atoms with van der Waals surface area (Å²) in [5.74, 6) is -2.64. The van der Waals surface area contributed by atoms with Crippen molar-refractivity contribution in [1.82, 2.24) is 5.32 Å². The Balaban J connectivity index is 2.22. The minimum absolute atomic E-state index is 0.0776. The Hall–Kier alpha value is -1.27. The molecule has 2 atom stereocenters. The molecule has 1 saturated carbocycles. The summed E-state index contributed by atoms with van der Waals surface area (Å²) in [4.78, 5) is 21.3. The van der Waals surface area contributed by atoms with E-state index in [-0.39, 0.29) is 19.3 Å². The Morgan fingerprint density at radius 3 is 2.33 bits per heavy atom. The van der Waals surface area contributed by atoms with E-state index < -0.39 is 30.0 Å². The first kappa shape index (κ1) is 11.8. The molecule has 0 aromatic heterocycles. The third-order valence-corrected chi connectivity index (χ3v) is 2.16. The molecular formula is C8H11F3N2O2. The van der Waals surface area contributed by atoms with Crippen molar-refractivity contribution in [2.24, 2.45) is 11.7 Å². The maximum Gasteiger partial charge on any atom is 0.393 e. The Morgan fingerprint density at radius 2 is 1.93 bits per heavy atom. The third-order valence-electron chi connectivity index (χ3n) is 2.16. The molecule has 2 amide bonds. The number of nitrogens with one attached hydrogen (secondary N) is 1. The number of primary amides is 1. The Labute approximate surface area is 84.0 Å². The average Bonchev–Trinajstić information content (AvgIpc) is 2.79. The maximum atomic E-state index is 12.0. The minimum Gasteiger partial charge on any atom is -0.370 e. The van der Waals surface area contributed by atoms with Crippen LogP contribution in [0, 0.1) is 5.92 Å². The van der Waals surface area contributed by atoms with Crippen LogP contribution in [0.2, 0.25) is 0 Å². The van der Waals surface area contributed by atoms with Gasteiger partial charge in [-0.05, 0) is 6.42 Å². The second-order valence-corrected chi connectivity index (χ2v) is 3.52. The predicted octanol–water partition coefficient (Wildman–Crippen LogP) is 0.319. The normalized spacial score (nSPS) is 24.7. The van der Waals surface area contributed by atoms with Gasteiger partial charge in [0.25, 0.3) is 0 Å². The average molecular weight is 224 g/mol. The summed E-state index contributed by atoms with van der Waals surface area (Å²) in [6.45, 7) is 0. The Bertz CT molecular complexity index is 278. The van der Waals surface area contributed by atoms with E-state index in [0.29, 0.717) is 0 Å². The zero-order valence-corrected chi connectivity index (χ0v) is 7.80. The van der Waals surface area contributed by atoms with Gasteiger partial charge in [-0.2, -0.15) is 13.2 Å². The fourth-order valence-electron chi connectivity index (χ4n) is 1.23. The van der Waals surface area contributed by atoms with Crippen LogP contribution < -0.4 is 11.1 Å². The summed E-state index contributed by atoms with van der Waals surface area (Å²) in [7, 11) is 0. The summed E-state index contributed by atoms with van der Waals surface area (Å²) in [6.07, 6.45) is -4.63. The first-order valence-corrected chi connectivity index (χ1v) is 4.45. The van der Waals surface area contributed by atoms with Crippen molar-refractivity contribution in [3.8, 4) is 0 Å². The van der Waals surface area contributed by atoms with E-state index in [1.165, 1.54) is 0 Å². The molecule has 1 rings (SSSR count). The fourth-order valence-corrected chi connectivity index (χ4v) is 1.23. The molecule has 0 radical (unpaired) electrons. The molecule has 0 saturated heterocycles. The van der Waals surface area contributed by atoms with Gasteiger partial charge in [0, 0.05) is 18.9 Å². The SMILES string of the molecule is NC(=O)CCC(=O)NC1CC1C(F)(F)F. The Kier molecular flexibility index (Phi) is 3.21. The molecule has 2 unspecified atom stereocenters. The molecule has 86 valence electrons. The van der Waals surface area contributed by atoms with E-state index in [0.717, 1.165) is 0 Å². The molecule has 7 heteroatoms. The smallest absolute Gasteiger partial charge is 0.370 e. The predicted molar refractivity (Wildman–Crippen MR) is 44.5 cm³/mol. The topological polar surface area (TPSA) is 72.2 Å². The number of carbonyl (C=O) groups excluding carboxylic acids is 2. The first-order chi connectivity index (χ1) is 6.80. The zero-order valence-electron chi connectivity index (χ0n) is 7.80. The molecule has 4 nitrogen and oxygen atoms in total. The molecule has 15 heavy (non-hydrogen) atoms. The lowest BCUT2D eigenvalue weighted by Gasteiger charge is -2.06. The number of carbonyl (C=O) groups is 2. The molecular weight excluding hydrogens is 213 g/mol. The van der Waals surface area contributed by atoms with E-state index in [1.807, 2.05) is 0 Å². The number of hydrogen-bond donors (Lipinski definition) is 2. The largest absolute Gasteiger partial charge is 0.393 e. The second-order valence-electron chi connectivity index (χ2n) is 3.52. The van der Waals surface area contributed by atoms with E-state index in [1.54, 1.807) is 0 Å². The number of amides is 2. The van der Waals surface area contributed by atoms with Gasteiger partial charge in [0.2, 0.25) is 11.8 Å². The lowest BCUT2D eigenvalue weighted by Crippen LogP contribution is -2.30. The molecule has 1 fully saturated rings. The van der Waals surface area contributed by atoms with Gasteiger partial charge >= 0.3 is 6.18 Å². The fraction of sp³-hybridized carbons (Fsp3) is 0.750. The molecule has 0 aromatic carbocycles. The van der Waals surface area contributed by atoms with Crippen molar-refractivity contribution in [3.63, 3.8) is 0 Å². The molecule has 0 aromatic rings. The molecule has 0 heterocycles. The van der Waals surface area contributed by atoms with Crippen molar-refractivity contribution >= 4 is 11.8 Å². The van der Waals surface area contributed by atoms with E-state index >= 15 is 0 Å². The van der Waals surface area contributed by atoms with E-state index in [9.17, 15) is 22.8 Å². The third kappa shape index (κ3) is 3.77. The number of alkyl halides is 3. The molecule has 0 spiro atoms. The van der Waals surface area contributed by atoms with Crippen molar-refractivity contribution in [2.45, 2.75) is 31.5 Å². The standard InChI is InChI=1S/C8H11F3N2O2/c9-8(10,11)4-3-5(4)13-7(15)2-1-6(12)14/h4-5H,1-3H2,(H2,12,14)(H,13,15). The van der Waals surface area contributed by atoms with Crippen LogP contribution in [0.3, 0.4) is 0 Å². The highest BCUT2D eigenvalue weighted by Gasteiger charge is 2.56. The van der Waals surface area contributed by atoms with Crippen LogP contribution >= 0.6 is 0 Å². The van der Waals surface area contributed by atoms with Gasteiger partial charge in [0.15, 0.2) is 0 Å². The van der Waals surface area contributed by atoms with Crippen LogP contribution in [-0.4, -0.2) is 24.0 Å². The summed E-state index contributed by atoms with van der Waals surface area (Å²) in [5.41, 5.74) is 4.78. The van der Waals surface area contributed by atoms with Gasteiger partial charge < -0.3 is 11.1 Å². The molecule has 1 aliphatic rings. The van der Waals surface area contributed by atoms with Crippen LogP contribution in [0.4, 0.5) is 13.2 Å². The van der Waals surface area contributed by atoms with E-state index in [2.05, 4.69) is 5.32 Å². The van der Waals surface area contributed by atoms with Crippen molar-refractivity contribution in [1.29, 1.82) is 0 Å². The first-order valence-electron chi connectivity index (χ1n) is 4.45. The number of rotatable bonds is 4. The van der Waals surface area contributed by atoms with Crippen molar-refractivity contribution in [3.05, 3.63) is 0 Å². The number of hydrogen-bond acceptors (Lipinski definition) is 2. The zero-order chi connectivity index (χ0) is 11.6. The van der Waals surface area contributed by atoms with Gasteiger partial charge in [-0.15, -0.1) is 0 Å². The van der Waals surface area contributed by atoms with Gasteiger partial charge in [-0.1, -0.05) is 0 Å². The van der Waals surface area contributed by atoms with Crippen molar-refractivity contribution < 1.29 is 22.8 Å². The lowest BCUT2D eigenvalue weighted by atomic mass is 10.3. The van der Waals surface area contributed by atoms with Crippen molar-refractivity contribution in [2.75, 3.05) is 0 Å². The quantitative estimate of drug-likeness (QED) is 0.721. The number of halogens is 3. The summed E-state index contributed by atoms with van der Waals surface area (Å²) < 4.78 is 36.1. The molecule has 0 aliphatic heterocycles. The van der Waals surface area contributed by atoms with Gasteiger partial charge in [-0.3, -0.25) is 9.59 Å². The second kappa shape index (κ2) is 4.08. The summed E-state index contributed by atoms with van der Waals surface area (Å²) in [5, 5.41) is 2.20. The van der Waals surface area contributed by atoms with Crippen LogP contribution in [0.5, 0.6) is 0 Å². The highest BCUT2D eigenvalue weighted by Crippen LogP contribution is 2.44. The Morgan fingerprint density at radius 1 is 1.33 bits per heavy atom. The molecule has 3 N–H and O–H groups in total. The maximum absolute atomic E-state index is 12.0. The lowest BCUT2D eigenvalue weighted by molar-refractivity contribution is -0.149. The van der Waals surface area contributed by atoms with Crippen LogP contribution in [-0.2, 0) is 9.59 Å². The monoisotopic (exact) mass is 224 g/mol. The van der Waals surface area contributed by atoms with Gasteiger partial charge in [-0.25, -0.2) is 0 Å². The van der Waals surface area contributed by atoms with Gasteiger partial charge in [0.1, 0.15) is 0 Å². The highest BCUT2D eigenvalue weighted by atomic mass is 19.4. The van der Waals surface area contributed by atoms with Crippen LogP contribution in [0.15, 0.2) is 0 Å². The highest BCUT2D eigenvalue weighted by molar-refractivity contribution is 5.83. The number of nitrogens with two attached hydrogens (primary N) is 1. The van der Waals surface area contributed by atoms with Gasteiger partial charge in [0.05, 0.1) is 5.92 Å². The summed E-state index contributed by atoms with van der Waals surface area (Å²) in [6, 6.07) is -0.828. The van der Waals surface area contributed by atoms with Crippen LogP contribution in [0.1, 0.15) is 19.3 Å². The van der Waals surface area contributed by atoms with Crippen LogP contribution in [0.25, 0.3) is 0 Å². The minimum atomic E-state index is -4.25.